The van der Waals surface area contributed by atoms with Crippen LogP contribution in [0, 0.1) is 13.8 Å². The van der Waals surface area contributed by atoms with Crippen LogP contribution in [0.15, 0.2) is 42.5 Å². The number of halogens is 1. The molecule has 0 bridgehead atoms. The largest absolute Gasteiger partial charge is 0.357 e. The number of hydrogen-bond acceptors (Lipinski definition) is 4. The standard InChI is InChI=1S/C23H30ClN3O4S/c1-6-20(23(29)25-4)26(14-18-10-7-16(2)8-11-18)22(28)15-27(32(5,30)31)21-13-19(24)12-9-17(21)3/h7-13,20H,6,14-15H2,1-5H3,(H,25,29)/t20-/m0/s1. The lowest BCUT2D eigenvalue weighted by Gasteiger charge is -2.33. The van der Waals surface area contributed by atoms with Crippen molar-refractivity contribution in [3.05, 3.63) is 64.2 Å². The Hall–Kier alpha value is -2.58. The Morgan fingerprint density at radius 2 is 1.72 bits per heavy atom. The molecule has 0 saturated carbocycles. The second kappa shape index (κ2) is 10.8. The summed E-state index contributed by atoms with van der Waals surface area (Å²) < 4.78 is 26.3. The number of sulfonamides is 1. The Balaban J connectivity index is 2.46. The van der Waals surface area contributed by atoms with Crippen LogP contribution < -0.4 is 9.62 Å². The normalized spacial score (nSPS) is 12.2. The van der Waals surface area contributed by atoms with Crippen LogP contribution >= 0.6 is 11.6 Å². The molecule has 2 aromatic rings. The van der Waals surface area contributed by atoms with Gasteiger partial charge in [-0.05, 0) is 43.5 Å². The first-order valence-electron chi connectivity index (χ1n) is 10.3. The summed E-state index contributed by atoms with van der Waals surface area (Å²) in [5.74, 6) is -0.788. The van der Waals surface area contributed by atoms with Crippen LogP contribution in [0.4, 0.5) is 5.69 Å². The third kappa shape index (κ3) is 6.46. The van der Waals surface area contributed by atoms with Crippen molar-refractivity contribution in [1.82, 2.24) is 10.2 Å². The number of rotatable bonds is 9. The summed E-state index contributed by atoms with van der Waals surface area (Å²) in [4.78, 5) is 27.4. The van der Waals surface area contributed by atoms with E-state index in [4.69, 9.17) is 11.6 Å². The molecule has 0 heterocycles. The van der Waals surface area contributed by atoms with Gasteiger partial charge < -0.3 is 10.2 Å². The van der Waals surface area contributed by atoms with Gasteiger partial charge in [-0.3, -0.25) is 13.9 Å². The summed E-state index contributed by atoms with van der Waals surface area (Å²) in [5.41, 5.74) is 2.91. The van der Waals surface area contributed by atoms with Crippen LogP contribution in [0.1, 0.15) is 30.0 Å². The zero-order valence-electron chi connectivity index (χ0n) is 19.1. The van der Waals surface area contributed by atoms with Crippen molar-refractivity contribution in [3.63, 3.8) is 0 Å². The van der Waals surface area contributed by atoms with E-state index in [-0.39, 0.29) is 12.5 Å². The molecule has 0 aromatic heterocycles. The number of amides is 2. The molecule has 0 aliphatic carbocycles. The average Bonchev–Trinajstić information content (AvgIpc) is 2.73. The smallest absolute Gasteiger partial charge is 0.244 e. The maximum absolute atomic E-state index is 13.5. The second-order valence-electron chi connectivity index (χ2n) is 7.75. The minimum Gasteiger partial charge on any atom is -0.357 e. The van der Waals surface area contributed by atoms with Gasteiger partial charge in [0, 0.05) is 18.6 Å². The Morgan fingerprint density at radius 3 is 2.25 bits per heavy atom. The molecule has 174 valence electrons. The first-order chi connectivity index (χ1) is 15.0. The number of nitrogens with zero attached hydrogens (tertiary/aromatic N) is 2. The summed E-state index contributed by atoms with van der Waals surface area (Å²) >= 11 is 6.09. The van der Waals surface area contributed by atoms with E-state index >= 15 is 0 Å². The van der Waals surface area contributed by atoms with Crippen molar-refractivity contribution in [3.8, 4) is 0 Å². The van der Waals surface area contributed by atoms with Crippen LogP contribution in [-0.2, 0) is 26.2 Å². The van der Waals surface area contributed by atoms with Crippen molar-refractivity contribution in [2.24, 2.45) is 0 Å². The Kier molecular flexibility index (Phi) is 8.69. The Bertz CT molecular complexity index is 1070. The number of benzene rings is 2. The zero-order chi connectivity index (χ0) is 24.1. The van der Waals surface area contributed by atoms with Crippen LogP contribution in [0.5, 0.6) is 0 Å². The van der Waals surface area contributed by atoms with Crippen LogP contribution in [0.25, 0.3) is 0 Å². The van der Waals surface area contributed by atoms with Gasteiger partial charge in [-0.2, -0.15) is 0 Å². The number of carbonyl (C=O) groups is 2. The van der Waals surface area contributed by atoms with E-state index in [2.05, 4.69) is 5.32 Å². The van der Waals surface area contributed by atoms with Crippen molar-refractivity contribution < 1.29 is 18.0 Å². The molecular weight excluding hydrogens is 450 g/mol. The molecule has 2 aromatic carbocycles. The van der Waals surface area contributed by atoms with Crippen molar-refractivity contribution in [2.75, 3.05) is 24.2 Å². The fourth-order valence-corrected chi connectivity index (χ4v) is 4.49. The number of carbonyl (C=O) groups excluding carboxylic acids is 2. The molecule has 9 heteroatoms. The van der Waals surface area contributed by atoms with Gasteiger partial charge >= 0.3 is 0 Å². The number of anilines is 1. The van der Waals surface area contributed by atoms with Crippen molar-refractivity contribution >= 4 is 39.1 Å². The van der Waals surface area contributed by atoms with E-state index in [9.17, 15) is 18.0 Å². The highest BCUT2D eigenvalue weighted by molar-refractivity contribution is 7.92. The van der Waals surface area contributed by atoms with Gasteiger partial charge in [0.1, 0.15) is 12.6 Å². The van der Waals surface area contributed by atoms with Crippen molar-refractivity contribution in [2.45, 2.75) is 39.8 Å². The highest BCUT2D eigenvalue weighted by Crippen LogP contribution is 2.27. The lowest BCUT2D eigenvalue weighted by molar-refractivity contribution is -0.140. The fraction of sp³-hybridized carbons (Fsp3) is 0.391. The molecule has 0 unspecified atom stereocenters. The molecule has 0 aliphatic heterocycles. The molecule has 7 nitrogen and oxygen atoms in total. The highest BCUT2D eigenvalue weighted by atomic mass is 35.5. The van der Waals surface area contributed by atoms with E-state index in [1.807, 2.05) is 38.1 Å². The molecule has 2 rings (SSSR count). The van der Waals surface area contributed by atoms with E-state index < -0.39 is 28.5 Å². The van der Waals surface area contributed by atoms with E-state index in [0.717, 1.165) is 21.7 Å². The van der Waals surface area contributed by atoms with Gasteiger partial charge in [0.15, 0.2) is 0 Å². The molecule has 0 spiro atoms. The highest BCUT2D eigenvalue weighted by Gasteiger charge is 2.31. The van der Waals surface area contributed by atoms with Gasteiger partial charge in [0.25, 0.3) is 0 Å². The maximum Gasteiger partial charge on any atom is 0.244 e. The zero-order valence-corrected chi connectivity index (χ0v) is 20.6. The Morgan fingerprint density at radius 1 is 1.09 bits per heavy atom. The lowest BCUT2D eigenvalue weighted by Crippen LogP contribution is -2.51. The molecule has 1 N–H and O–H groups in total. The van der Waals surface area contributed by atoms with Gasteiger partial charge in [-0.1, -0.05) is 54.4 Å². The molecule has 0 aliphatic rings. The SMILES string of the molecule is CC[C@@H](C(=O)NC)N(Cc1ccc(C)cc1)C(=O)CN(c1cc(Cl)ccc1C)S(C)(=O)=O. The molecule has 1 atom stereocenters. The Labute approximate surface area is 195 Å². The molecule has 32 heavy (non-hydrogen) atoms. The van der Waals surface area contributed by atoms with Crippen LogP contribution in [0.2, 0.25) is 5.02 Å². The van der Waals surface area contributed by atoms with Gasteiger partial charge in [0.05, 0.1) is 11.9 Å². The van der Waals surface area contributed by atoms with E-state index in [0.29, 0.717) is 22.7 Å². The molecule has 0 saturated heterocycles. The van der Waals surface area contributed by atoms with E-state index in [1.165, 1.54) is 18.0 Å². The predicted octanol–water partition coefficient (Wildman–Crippen LogP) is 3.28. The maximum atomic E-state index is 13.5. The quantitative estimate of drug-likeness (QED) is 0.598. The molecule has 0 radical (unpaired) electrons. The van der Waals surface area contributed by atoms with Gasteiger partial charge in [0.2, 0.25) is 21.8 Å². The first kappa shape index (κ1) is 25.7. The summed E-state index contributed by atoms with van der Waals surface area (Å²) in [6.45, 7) is 5.25. The third-order valence-corrected chi connectivity index (χ3v) is 6.59. The summed E-state index contributed by atoms with van der Waals surface area (Å²) in [6, 6.07) is 11.8. The second-order valence-corrected chi connectivity index (χ2v) is 10.1. The minimum absolute atomic E-state index is 0.178. The number of aryl methyl sites for hydroxylation is 2. The molecule has 2 amide bonds. The summed E-state index contributed by atoms with van der Waals surface area (Å²) in [5, 5.41) is 2.96. The molecule has 0 fully saturated rings. The average molecular weight is 480 g/mol. The number of hydrogen-bond donors (Lipinski definition) is 1. The number of nitrogens with one attached hydrogen (secondary N) is 1. The predicted molar refractivity (Wildman–Crippen MR) is 128 cm³/mol. The monoisotopic (exact) mass is 479 g/mol. The van der Waals surface area contributed by atoms with Crippen molar-refractivity contribution in [1.29, 1.82) is 0 Å². The van der Waals surface area contributed by atoms with Crippen LogP contribution in [0.3, 0.4) is 0 Å². The summed E-state index contributed by atoms with van der Waals surface area (Å²) in [7, 11) is -2.28. The van der Waals surface area contributed by atoms with E-state index in [1.54, 1.807) is 19.1 Å². The third-order valence-electron chi connectivity index (χ3n) is 5.22. The summed E-state index contributed by atoms with van der Waals surface area (Å²) in [6.07, 6.45) is 1.42. The van der Waals surface area contributed by atoms with Crippen LogP contribution in [-0.4, -0.2) is 51.0 Å². The minimum atomic E-state index is -3.80. The van der Waals surface area contributed by atoms with Gasteiger partial charge in [-0.25, -0.2) is 8.42 Å². The first-order valence-corrected chi connectivity index (χ1v) is 12.5. The molecular formula is C23H30ClN3O4S. The lowest BCUT2D eigenvalue weighted by atomic mass is 10.1. The number of likely N-dealkylation sites (N-methyl/N-ethyl adjacent to an activating group) is 1. The van der Waals surface area contributed by atoms with Gasteiger partial charge in [-0.15, -0.1) is 0 Å². The fourth-order valence-electron chi connectivity index (χ4n) is 3.42. The topological polar surface area (TPSA) is 86.8 Å².